The molecule has 1 saturated carbocycles. The predicted molar refractivity (Wildman–Crippen MR) is 117 cm³/mol. The van der Waals surface area contributed by atoms with Crippen LogP contribution >= 0.6 is 11.8 Å². The summed E-state index contributed by atoms with van der Waals surface area (Å²) in [5.41, 5.74) is -0.145. The van der Waals surface area contributed by atoms with Crippen molar-refractivity contribution in [1.82, 2.24) is 10.2 Å². The molecule has 3 atom stereocenters. The number of carbonyl (C=O) groups excluding carboxylic acids is 2. The monoisotopic (exact) mass is 454 g/mol. The zero-order chi connectivity index (χ0) is 22.8. The zero-order valence-corrected chi connectivity index (χ0v) is 18.9. The molecular weight excluding hydrogens is 425 g/mol. The van der Waals surface area contributed by atoms with Crippen LogP contribution in [0.1, 0.15) is 50.7 Å². The first-order chi connectivity index (χ1) is 14.6. The summed E-state index contributed by atoms with van der Waals surface area (Å²) in [5, 5.41) is 3.20. The largest absolute Gasteiger partial charge is 0.416 e. The van der Waals surface area contributed by atoms with Gasteiger partial charge in [-0.15, -0.1) is 11.8 Å². The topological polar surface area (TPSA) is 49.4 Å². The Balaban J connectivity index is 1.65. The van der Waals surface area contributed by atoms with Gasteiger partial charge in [-0.25, -0.2) is 0 Å². The van der Waals surface area contributed by atoms with Crippen molar-refractivity contribution >= 4 is 29.7 Å². The maximum Gasteiger partial charge on any atom is 0.416 e. The van der Waals surface area contributed by atoms with Crippen LogP contribution in [0.2, 0.25) is 0 Å². The summed E-state index contributed by atoms with van der Waals surface area (Å²) in [7, 11) is 1.75. The van der Waals surface area contributed by atoms with E-state index in [-0.39, 0.29) is 29.0 Å². The minimum absolute atomic E-state index is 0.0168. The normalized spacial score (nSPS) is 25.6. The first kappa shape index (κ1) is 23.7. The SMILES string of the molecule is CC(C)CCNC(=O)C1CCC2S/C(=C\c3ccc(C(F)(F)F)cc3)C(=O)N(C)C2C1. The molecule has 0 spiro atoms. The lowest BCUT2D eigenvalue weighted by Crippen LogP contribution is -2.52. The fourth-order valence-electron chi connectivity index (χ4n) is 4.08. The van der Waals surface area contributed by atoms with Crippen LogP contribution in [-0.2, 0) is 15.8 Å². The van der Waals surface area contributed by atoms with Crippen molar-refractivity contribution in [3.05, 3.63) is 40.3 Å². The van der Waals surface area contributed by atoms with Crippen LogP contribution < -0.4 is 5.32 Å². The van der Waals surface area contributed by atoms with Crippen LogP contribution in [0.3, 0.4) is 0 Å². The van der Waals surface area contributed by atoms with E-state index in [0.717, 1.165) is 31.4 Å². The van der Waals surface area contributed by atoms with Gasteiger partial charge in [0.2, 0.25) is 5.91 Å². The predicted octanol–water partition coefficient (Wildman–Crippen LogP) is 4.95. The summed E-state index contributed by atoms with van der Waals surface area (Å²) in [5.74, 6) is 0.358. The molecule has 0 aromatic heterocycles. The van der Waals surface area contributed by atoms with E-state index < -0.39 is 11.7 Å². The molecule has 1 aromatic rings. The van der Waals surface area contributed by atoms with Gasteiger partial charge in [0, 0.05) is 30.8 Å². The number of nitrogens with zero attached hydrogens (tertiary/aromatic N) is 1. The molecule has 1 aliphatic heterocycles. The van der Waals surface area contributed by atoms with Crippen molar-refractivity contribution in [2.24, 2.45) is 11.8 Å². The number of hydrogen-bond acceptors (Lipinski definition) is 3. The quantitative estimate of drug-likeness (QED) is 0.641. The Hall–Kier alpha value is -1.96. The lowest BCUT2D eigenvalue weighted by molar-refractivity contribution is -0.137. The summed E-state index contributed by atoms with van der Waals surface area (Å²) in [6.07, 6.45) is 0.452. The van der Waals surface area contributed by atoms with Crippen molar-refractivity contribution < 1.29 is 22.8 Å². The van der Waals surface area contributed by atoms with Crippen LogP contribution in [0.25, 0.3) is 6.08 Å². The number of rotatable bonds is 5. The number of likely N-dealkylation sites (N-methyl/N-ethyl adjacent to an activating group) is 1. The maximum absolute atomic E-state index is 12.9. The van der Waals surface area contributed by atoms with E-state index in [2.05, 4.69) is 19.2 Å². The highest BCUT2D eigenvalue weighted by molar-refractivity contribution is 8.04. The van der Waals surface area contributed by atoms with Crippen molar-refractivity contribution in [3.8, 4) is 0 Å². The molecule has 2 aliphatic rings. The number of alkyl halides is 3. The Labute approximate surface area is 185 Å². The Morgan fingerprint density at radius 2 is 1.94 bits per heavy atom. The number of thioether (sulfide) groups is 1. The second-order valence-electron chi connectivity index (χ2n) is 8.75. The first-order valence-corrected chi connectivity index (χ1v) is 11.5. The molecular formula is C23H29F3N2O2S. The number of hydrogen-bond donors (Lipinski definition) is 1. The number of fused-ring (bicyclic) bond motifs is 1. The van der Waals surface area contributed by atoms with Crippen LogP contribution in [-0.4, -0.2) is 41.6 Å². The number of benzene rings is 1. The van der Waals surface area contributed by atoms with E-state index in [1.807, 2.05) is 0 Å². The third-order valence-electron chi connectivity index (χ3n) is 5.99. The van der Waals surface area contributed by atoms with E-state index in [4.69, 9.17) is 0 Å². The molecule has 3 unspecified atom stereocenters. The molecule has 1 aliphatic carbocycles. The van der Waals surface area contributed by atoms with Gasteiger partial charge in [0.25, 0.3) is 5.91 Å². The average Bonchev–Trinajstić information content (AvgIpc) is 2.71. The third-order valence-corrected chi connectivity index (χ3v) is 7.39. The van der Waals surface area contributed by atoms with Gasteiger partial charge in [0.1, 0.15) is 0 Å². The maximum atomic E-state index is 12.9. The second-order valence-corrected chi connectivity index (χ2v) is 10.0. The number of amides is 2. The molecule has 1 aromatic carbocycles. The Morgan fingerprint density at radius 1 is 1.26 bits per heavy atom. The number of carbonyl (C=O) groups is 2. The van der Waals surface area contributed by atoms with Gasteiger partial charge in [0.15, 0.2) is 0 Å². The Kier molecular flexibility index (Phi) is 7.39. The molecule has 1 saturated heterocycles. The summed E-state index contributed by atoms with van der Waals surface area (Å²) in [6, 6.07) is 4.80. The van der Waals surface area contributed by atoms with Crippen LogP contribution in [0.5, 0.6) is 0 Å². The van der Waals surface area contributed by atoms with E-state index >= 15 is 0 Å². The van der Waals surface area contributed by atoms with Gasteiger partial charge < -0.3 is 10.2 Å². The second kappa shape index (κ2) is 9.67. The van der Waals surface area contributed by atoms with Crippen molar-refractivity contribution in [2.75, 3.05) is 13.6 Å². The highest BCUT2D eigenvalue weighted by Crippen LogP contribution is 2.43. The minimum Gasteiger partial charge on any atom is -0.356 e. The van der Waals surface area contributed by atoms with Gasteiger partial charge in [-0.3, -0.25) is 9.59 Å². The molecule has 1 heterocycles. The Morgan fingerprint density at radius 3 is 2.55 bits per heavy atom. The summed E-state index contributed by atoms with van der Waals surface area (Å²) < 4.78 is 38.3. The summed E-state index contributed by atoms with van der Waals surface area (Å²) in [6.45, 7) is 4.91. The van der Waals surface area contributed by atoms with Gasteiger partial charge in [-0.1, -0.05) is 26.0 Å². The van der Waals surface area contributed by atoms with Crippen molar-refractivity contribution in [1.29, 1.82) is 0 Å². The fourth-order valence-corrected chi connectivity index (χ4v) is 5.56. The van der Waals surface area contributed by atoms with E-state index in [1.165, 1.54) is 23.9 Å². The van der Waals surface area contributed by atoms with E-state index in [0.29, 0.717) is 29.4 Å². The summed E-state index contributed by atoms with van der Waals surface area (Å²) >= 11 is 1.48. The van der Waals surface area contributed by atoms with Gasteiger partial charge in [-0.05, 0) is 55.4 Å². The molecule has 170 valence electrons. The molecule has 31 heavy (non-hydrogen) atoms. The van der Waals surface area contributed by atoms with Gasteiger partial charge in [-0.2, -0.15) is 13.2 Å². The Bertz CT molecular complexity index is 836. The molecule has 3 rings (SSSR count). The number of nitrogens with one attached hydrogen (secondary N) is 1. The van der Waals surface area contributed by atoms with E-state index in [9.17, 15) is 22.8 Å². The number of halogens is 3. The van der Waals surface area contributed by atoms with Crippen LogP contribution in [0, 0.1) is 11.8 Å². The van der Waals surface area contributed by atoms with Crippen LogP contribution in [0.4, 0.5) is 13.2 Å². The zero-order valence-electron chi connectivity index (χ0n) is 18.0. The van der Waals surface area contributed by atoms with E-state index in [1.54, 1.807) is 18.0 Å². The van der Waals surface area contributed by atoms with Crippen molar-refractivity contribution in [3.63, 3.8) is 0 Å². The lowest BCUT2D eigenvalue weighted by Gasteiger charge is -2.44. The highest BCUT2D eigenvalue weighted by Gasteiger charge is 2.42. The standard InChI is InChI=1S/C23H29F3N2O2S/c1-14(2)10-11-27-21(29)16-6-9-19-18(13-16)28(3)22(30)20(31-19)12-15-4-7-17(8-5-15)23(24,25)26/h4-5,7-8,12,14,16,18-19H,6,9-11,13H2,1-3H3,(H,27,29)/b20-12-. The van der Waals surface area contributed by atoms with Gasteiger partial charge >= 0.3 is 6.18 Å². The fraction of sp³-hybridized carbons (Fsp3) is 0.565. The molecule has 1 N–H and O–H groups in total. The third kappa shape index (κ3) is 5.84. The van der Waals surface area contributed by atoms with Gasteiger partial charge in [0.05, 0.1) is 10.5 Å². The highest BCUT2D eigenvalue weighted by atomic mass is 32.2. The molecule has 0 radical (unpaired) electrons. The molecule has 2 amide bonds. The minimum atomic E-state index is -4.38. The molecule has 2 fully saturated rings. The van der Waals surface area contributed by atoms with Crippen molar-refractivity contribution in [2.45, 2.75) is 57.0 Å². The van der Waals surface area contributed by atoms with Crippen LogP contribution in [0.15, 0.2) is 29.2 Å². The molecule has 0 bridgehead atoms. The average molecular weight is 455 g/mol. The lowest BCUT2D eigenvalue weighted by atomic mass is 9.83. The molecule has 4 nitrogen and oxygen atoms in total. The smallest absolute Gasteiger partial charge is 0.356 e. The summed E-state index contributed by atoms with van der Waals surface area (Å²) in [4.78, 5) is 27.7. The molecule has 8 heteroatoms. The first-order valence-electron chi connectivity index (χ1n) is 10.7.